The Hall–Kier alpha value is -0.300. The minimum atomic E-state index is 0.0704. The number of alkyl halides is 1. The number of rotatable bonds is 0. The highest BCUT2D eigenvalue weighted by molar-refractivity contribution is 6.23. The maximum atomic E-state index is 11.8. The Morgan fingerprint density at radius 1 is 1.20 bits per heavy atom. The molecule has 20 heavy (non-hydrogen) atoms. The minimum absolute atomic E-state index is 0.0704. The van der Waals surface area contributed by atoms with E-state index >= 15 is 0 Å². The Morgan fingerprint density at radius 2 is 2.05 bits per heavy atom. The average molecular weight is 293 g/mol. The van der Waals surface area contributed by atoms with Gasteiger partial charge in [0.05, 0.1) is 0 Å². The van der Waals surface area contributed by atoms with Crippen molar-refractivity contribution in [2.75, 3.05) is 0 Å². The molecule has 0 heterocycles. The maximum absolute atomic E-state index is 11.8. The van der Waals surface area contributed by atoms with Gasteiger partial charge in [0.2, 0.25) is 0 Å². The Morgan fingerprint density at radius 3 is 2.90 bits per heavy atom. The van der Waals surface area contributed by atoms with E-state index in [-0.39, 0.29) is 11.2 Å². The first-order valence-electron chi connectivity index (χ1n) is 8.46. The van der Waals surface area contributed by atoms with Gasteiger partial charge in [-0.1, -0.05) is 18.9 Å². The Kier molecular flexibility index (Phi) is 3.07. The summed E-state index contributed by atoms with van der Waals surface area (Å²) in [5.74, 6) is 3.36. The topological polar surface area (TPSA) is 17.1 Å². The number of carbonyl (C=O) groups excluding carboxylic acids is 1. The Bertz CT molecular complexity index is 468. The van der Waals surface area contributed by atoms with E-state index in [1.54, 1.807) is 0 Å². The molecule has 4 aliphatic carbocycles. The van der Waals surface area contributed by atoms with Crippen LogP contribution >= 0.6 is 11.6 Å². The highest BCUT2D eigenvalue weighted by Crippen LogP contribution is 2.62. The van der Waals surface area contributed by atoms with Crippen LogP contribution in [0.15, 0.2) is 11.6 Å². The molecule has 1 unspecified atom stereocenters. The van der Waals surface area contributed by atoms with Crippen LogP contribution in [0.1, 0.15) is 58.3 Å². The fourth-order valence-corrected chi connectivity index (χ4v) is 6.70. The van der Waals surface area contributed by atoms with Crippen LogP contribution in [-0.4, -0.2) is 11.2 Å². The van der Waals surface area contributed by atoms with Gasteiger partial charge in [-0.05, 0) is 67.8 Å². The van der Waals surface area contributed by atoms with Crippen molar-refractivity contribution in [2.45, 2.75) is 63.7 Å². The van der Waals surface area contributed by atoms with Gasteiger partial charge in [0.15, 0.2) is 5.78 Å². The van der Waals surface area contributed by atoms with Crippen molar-refractivity contribution >= 4 is 17.4 Å². The molecule has 4 aliphatic rings. The maximum Gasteiger partial charge on any atom is 0.157 e. The monoisotopic (exact) mass is 292 g/mol. The van der Waals surface area contributed by atoms with E-state index in [1.165, 1.54) is 44.1 Å². The molecule has 0 radical (unpaired) electrons. The SMILES string of the molecule is C[C@@]12CCC[C@H]1[C@@H]1CCC3=CC(=O)CC(Cl)[C@@H]3[C@H]1CC2. The molecule has 0 bridgehead atoms. The van der Waals surface area contributed by atoms with Gasteiger partial charge in [-0.3, -0.25) is 4.79 Å². The van der Waals surface area contributed by atoms with Crippen molar-refractivity contribution in [3.05, 3.63) is 11.6 Å². The van der Waals surface area contributed by atoms with Crippen molar-refractivity contribution < 1.29 is 4.79 Å². The molecule has 1 nitrogen and oxygen atoms in total. The Labute approximate surface area is 127 Å². The molecule has 3 saturated carbocycles. The predicted octanol–water partition coefficient (Wildman–Crippen LogP) is 4.74. The van der Waals surface area contributed by atoms with Crippen molar-refractivity contribution in [2.24, 2.45) is 29.1 Å². The smallest absolute Gasteiger partial charge is 0.157 e. The molecule has 110 valence electrons. The van der Waals surface area contributed by atoms with Crippen LogP contribution in [0.2, 0.25) is 0 Å². The van der Waals surface area contributed by atoms with Crippen LogP contribution in [0.5, 0.6) is 0 Å². The molecule has 0 spiro atoms. The van der Waals surface area contributed by atoms with E-state index in [2.05, 4.69) is 6.92 Å². The van der Waals surface area contributed by atoms with Crippen molar-refractivity contribution in [3.63, 3.8) is 0 Å². The summed E-state index contributed by atoms with van der Waals surface area (Å²) in [5.41, 5.74) is 2.01. The summed E-state index contributed by atoms with van der Waals surface area (Å²) in [6.07, 6.45) is 12.0. The lowest BCUT2D eigenvalue weighted by Gasteiger charge is -2.53. The lowest BCUT2D eigenvalue weighted by molar-refractivity contribution is -0.115. The second-order valence-corrected chi connectivity index (χ2v) is 8.55. The second-order valence-electron chi connectivity index (χ2n) is 7.99. The van der Waals surface area contributed by atoms with Gasteiger partial charge in [0.1, 0.15) is 0 Å². The normalized spacial score (nSPS) is 51.0. The molecule has 0 aromatic rings. The standard InChI is InChI=1S/C18H25ClO/c1-18-7-2-3-15(18)13-5-4-11-9-12(20)10-16(19)17(11)14(13)6-8-18/h9,13-17H,2-8,10H2,1H3/t13-,14+,15+,16?,17+,18+/m1/s1. The summed E-state index contributed by atoms with van der Waals surface area (Å²) >= 11 is 6.62. The molecule has 0 aliphatic heterocycles. The summed E-state index contributed by atoms with van der Waals surface area (Å²) in [7, 11) is 0. The first kappa shape index (κ1) is 13.4. The van der Waals surface area contributed by atoms with Crippen LogP contribution in [0, 0.1) is 29.1 Å². The zero-order chi connectivity index (χ0) is 13.9. The van der Waals surface area contributed by atoms with Gasteiger partial charge in [-0.15, -0.1) is 11.6 Å². The van der Waals surface area contributed by atoms with Crippen LogP contribution in [0.4, 0.5) is 0 Å². The van der Waals surface area contributed by atoms with E-state index in [9.17, 15) is 4.79 Å². The van der Waals surface area contributed by atoms with Gasteiger partial charge in [0, 0.05) is 17.7 Å². The van der Waals surface area contributed by atoms with E-state index in [0.717, 1.165) is 24.2 Å². The van der Waals surface area contributed by atoms with Crippen molar-refractivity contribution in [1.82, 2.24) is 0 Å². The quantitative estimate of drug-likeness (QED) is 0.590. The highest BCUT2D eigenvalue weighted by Gasteiger charge is 2.53. The molecule has 0 aromatic heterocycles. The highest BCUT2D eigenvalue weighted by atomic mass is 35.5. The molecule has 2 heteroatoms. The number of hydrogen-bond donors (Lipinski definition) is 0. The van der Waals surface area contributed by atoms with Crippen molar-refractivity contribution in [1.29, 1.82) is 0 Å². The molecule has 3 fully saturated rings. The number of fused-ring (bicyclic) bond motifs is 5. The van der Waals surface area contributed by atoms with Crippen LogP contribution in [0.25, 0.3) is 0 Å². The molecular weight excluding hydrogens is 268 g/mol. The zero-order valence-corrected chi connectivity index (χ0v) is 13.2. The summed E-state index contributed by atoms with van der Waals surface area (Å²) in [6, 6.07) is 0. The van der Waals surface area contributed by atoms with Crippen LogP contribution in [-0.2, 0) is 4.79 Å². The summed E-state index contributed by atoms with van der Waals surface area (Å²) < 4.78 is 0. The van der Waals surface area contributed by atoms with Gasteiger partial charge in [-0.25, -0.2) is 0 Å². The molecular formula is C18H25ClO. The third-order valence-electron chi connectivity index (χ3n) is 7.06. The zero-order valence-electron chi connectivity index (χ0n) is 12.4. The fraction of sp³-hybridized carbons (Fsp3) is 0.833. The van der Waals surface area contributed by atoms with E-state index in [0.29, 0.717) is 17.8 Å². The van der Waals surface area contributed by atoms with Crippen molar-refractivity contribution in [3.8, 4) is 0 Å². The summed E-state index contributed by atoms with van der Waals surface area (Å²) in [5, 5.41) is 0.0704. The predicted molar refractivity (Wildman–Crippen MR) is 81.7 cm³/mol. The lowest BCUT2D eigenvalue weighted by atomic mass is 9.52. The molecule has 0 saturated heterocycles. The van der Waals surface area contributed by atoms with Gasteiger partial charge in [0.25, 0.3) is 0 Å². The lowest BCUT2D eigenvalue weighted by Crippen LogP contribution is -2.47. The number of carbonyl (C=O) groups is 1. The molecule has 0 amide bonds. The first-order valence-corrected chi connectivity index (χ1v) is 8.89. The number of halogens is 1. The van der Waals surface area contributed by atoms with E-state index in [4.69, 9.17) is 11.6 Å². The fourth-order valence-electron chi connectivity index (χ4n) is 6.20. The van der Waals surface area contributed by atoms with Crippen LogP contribution < -0.4 is 0 Å². The number of ketones is 1. The molecule has 0 N–H and O–H groups in total. The summed E-state index contributed by atoms with van der Waals surface area (Å²) in [4.78, 5) is 11.8. The first-order chi connectivity index (χ1) is 9.58. The summed E-state index contributed by atoms with van der Waals surface area (Å²) in [6.45, 7) is 2.54. The van der Waals surface area contributed by atoms with E-state index < -0.39 is 0 Å². The van der Waals surface area contributed by atoms with Gasteiger partial charge >= 0.3 is 0 Å². The third-order valence-corrected chi connectivity index (χ3v) is 7.49. The van der Waals surface area contributed by atoms with Gasteiger partial charge in [-0.2, -0.15) is 0 Å². The van der Waals surface area contributed by atoms with Crippen LogP contribution in [0.3, 0.4) is 0 Å². The number of hydrogen-bond acceptors (Lipinski definition) is 1. The Balaban J connectivity index is 1.66. The van der Waals surface area contributed by atoms with Gasteiger partial charge < -0.3 is 0 Å². The molecule has 6 atom stereocenters. The molecule has 0 aromatic carbocycles. The van der Waals surface area contributed by atoms with E-state index in [1.807, 2.05) is 6.08 Å². The second kappa shape index (κ2) is 4.60. The minimum Gasteiger partial charge on any atom is -0.295 e. The third kappa shape index (κ3) is 1.85. The molecule has 4 rings (SSSR count). The average Bonchev–Trinajstić information content (AvgIpc) is 2.79. The number of allylic oxidation sites excluding steroid dienone is 1. The largest absolute Gasteiger partial charge is 0.295 e.